The lowest BCUT2D eigenvalue weighted by molar-refractivity contribution is -0.116. The van der Waals surface area contributed by atoms with Gasteiger partial charge in [-0.05, 0) is 30.2 Å². The van der Waals surface area contributed by atoms with Crippen LogP contribution in [0.2, 0.25) is 0 Å². The summed E-state index contributed by atoms with van der Waals surface area (Å²) in [5.74, 6) is 0.715. The number of hydrogen-bond acceptors (Lipinski definition) is 3. The van der Waals surface area contributed by atoms with Crippen molar-refractivity contribution in [2.45, 2.75) is 13.0 Å². The Kier molecular flexibility index (Phi) is 5.58. The molecule has 0 saturated carbocycles. The Morgan fingerprint density at radius 3 is 2.86 bits per heavy atom. The van der Waals surface area contributed by atoms with E-state index in [2.05, 4.69) is 10.3 Å². The first-order valence-electron chi connectivity index (χ1n) is 6.83. The quantitative estimate of drug-likeness (QED) is 0.626. The van der Waals surface area contributed by atoms with Gasteiger partial charge in [-0.1, -0.05) is 12.1 Å². The van der Waals surface area contributed by atoms with Crippen molar-refractivity contribution in [2.75, 3.05) is 13.7 Å². The van der Waals surface area contributed by atoms with Crippen molar-refractivity contribution in [1.29, 1.82) is 0 Å². The fourth-order valence-electron chi connectivity index (χ4n) is 1.84. The second-order valence-corrected chi connectivity index (χ2v) is 4.55. The van der Waals surface area contributed by atoms with Gasteiger partial charge in [-0.25, -0.2) is 4.98 Å². The second-order valence-electron chi connectivity index (χ2n) is 4.55. The van der Waals surface area contributed by atoms with Gasteiger partial charge in [0.25, 0.3) is 0 Å². The van der Waals surface area contributed by atoms with Crippen LogP contribution in [-0.4, -0.2) is 29.1 Å². The number of ether oxygens (including phenoxy) is 1. The lowest BCUT2D eigenvalue weighted by Crippen LogP contribution is -2.22. The van der Waals surface area contributed by atoms with Gasteiger partial charge in [0, 0.05) is 31.6 Å². The maximum atomic E-state index is 11.7. The van der Waals surface area contributed by atoms with E-state index in [1.165, 1.54) is 0 Å². The fourth-order valence-corrected chi connectivity index (χ4v) is 1.84. The van der Waals surface area contributed by atoms with E-state index in [-0.39, 0.29) is 5.91 Å². The van der Waals surface area contributed by atoms with Crippen molar-refractivity contribution in [3.05, 3.63) is 54.6 Å². The molecule has 0 atom stereocenters. The zero-order chi connectivity index (χ0) is 14.9. The summed E-state index contributed by atoms with van der Waals surface area (Å²) >= 11 is 0. The molecule has 0 aliphatic carbocycles. The van der Waals surface area contributed by atoms with Crippen molar-refractivity contribution < 1.29 is 9.53 Å². The number of aryl methyl sites for hydroxylation is 1. The summed E-state index contributed by atoms with van der Waals surface area (Å²) < 4.78 is 7.07. The lowest BCUT2D eigenvalue weighted by atomic mass is 10.2. The van der Waals surface area contributed by atoms with Crippen molar-refractivity contribution in [3.8, 4) is 5.75 Å². The van der Waals surface area contributed by atoms with E-state index in [4.69, 9.17) is 4.74 Å². The highest BCUT2D eigenvalue weighted by molar-refractivity contribution is 5.91. The molecule has 110 valence electrons. The number of rotatable bonds is 7. The molecule has 5 nitrogen and oxygen atoms in total. The third kappa shape index (κ3) is 5.14. The van der Waals surface area contributed by atoms with Gasteiger partial charge in [0.15, 0.2) is 0 Å². The molecule has 1 aromatic heterocycles. The van der Waals surface area contributed by atoms with Gasteiger partial charge in [0.2, 0.25) is 5.91 Å². The van der Waals surface area contributed by atoms with Crippen LogP contribution in [0.15, 0.2) is 49.1 Å². The van der Waals surface area contributed by atoms with Gasteiger partial charge in [-0.15, -0.1) is 0 Å². The zero-order valence-corrected chi connectivity index (χ0v) is 12.0. The second kappa shape index (κ2) is 7.89. The SMILES string of the molecule is COc1ccc(C=CC(=O)NCCCn2ccnc2)cc1. The fraction of sp³-hybridized carbons (Fsp3) is 0.250. The maximum Gasteiger partial charge on any atom is 0.244 e. The Morgan fingerprint density at radius 2 is 2.19 bits per heavy atom. The van der Waals surface area contributed by atoms with E-state index < -0.39 is 0 Å². The van der Waals surface area contributed by atoms with Crippen LogP contribution in [0.5, 0.6) is 5.75 Å². The van der Waals surface area contributed by atoms with Crippen LogP contribution >= 0.6 is 0 Å². The smallest absolute Gasteiger partial charge is 0.244 e. The number of carbonyl (C=O) groups is 1. The number of nitrogens with one attached hydrogen (secondary N) is 1. The highest BCUT2D eigenvalue weighted by Gasteiger charge is 1.96. The number of methoxy groups -OCH3 is 1. The van der Waals surface area contributed by atoms with Gasteiger partial charge in [-0.2, -0.15) is 0 Å². The van der Waals surface area contributed by atoms with E-state index in [1.54, 1.807) is 31.8 Å². The molecule has 0 spiro atoms. The van der Waals surface area contributed by atoms with Gasteiger partial charge in [0.1, 0.15) is 5.75 Å². The van der Waals surface area contributed by atoms with E-state index in [0.717, 1.165) is 24.3 Å². The molecule has 0 unspecified atom stereocenters. The molecule has 0 aliphatic rings. The standard InChI is InChI=1S/C16H19N3O2/c1-21-15-6-3-14(4-7-15)5-8-16(20)18-9-2-11-19-12-10-17-13-19/h3-8,10,12-13H,2,9,11H2,1H3,(H,18,20). The Balaban J connectivity index is 1.69. The van der Waals surface area contributed by atoms with Crippen molar-refractivity contribution in [3.63, 3.8) is 0 Å². The molecular weight excluding hydrogens is 266 g/mol. The van der Waals surface area contributed by atoms with E-state index in [1.807, 2.05) is 35.0 Å². The van der Waals surface area contributed by atoms with Crippen LogP contribution in [0.4, 0.5) is 0 Å². The molecule has 1 heterocycles. The summed E-state index contributed by atoms with van der Waals surface area (Å²) in [6.45, 7) is 1.49. The van der Waals surface area contributed by atoms with E-state index in [9.17, 15) is 4.79 Å². The summed E-state index contributed by atoms with van der Waals surface area (Å²) in [4.78, 5) is 15.6. The zero-order valence-electron chi connectivity index (χ0n) is 12.0. The summed E-state index contributed by atoms with van der Waals surface area (Å²) in [5, 5.41) is 2.85. The number of aromatic nitrogens is 2. The largest absolute Gasteiger partial charge is 0.497 e. The first-order valence-corrected chi connectivity index (χ1v) is 6.83. The molecule has 2 rings (SSSR count). The predicted octanol–water partition coefficient (Wildman–Crippen LogP) is 2.11. The number of carbonyl (C=O) groups excluding carboxylic acids is 1. The lowest BCUT2D eigenvalue weighted by Gasteiger charge is -2.03. The molecule has 1 amide bonds. The summed E-state index contributed by atoms with van der Waals surface area (Å²) in [7, 11) is 1.63. The van der Waals surface area contributed by atoms with Gasteiger partial charge >= 0.3 is 0 Å². The van der Waals surface area contributed by atoms with Crippen LogP contribution in [0, 0.1) is 0 Å². The molecule has 1 aromatic carbocycles. The predicted molar refractivity (Wildman–Crippen MR) is 81.9 cm³/mol. The van der Waals surface area contributed by atoms with Gasteiger partial charge in [0.05, 0.1) is 13.4 Å². The topological polar surface area (TPSA) is 56.1 Å². The summed E-state index contributed by atoms with van der Waals surface area (Å²) in [6, 6.07) is 7.54. The number of benzene rings is 1. The molecule has 5 heteroatoms. The van der Waals surface area contributed by atoms with Crippen LogP contribution in [0.1, 0.15) is 12.0 Å². The van der Waals surface area contributed by atoms with Crippen molar-refractivity contribution >= 4 is 12.0 Å². The Bertz CT molecular complexity index is 574. The molecule has 0 radical (unpaired) electrons. The molecule has 2 aromatic rings. The number of amides is 1. The Morgan fingerprint density at radius 1 is 1.38 bits per heavy atom. The molecule has 21 heavy (non-hydrogen) atoms. The molecule has 0 fully saturated rings. The first kappa shape index (κ1) is 14.8. The summed E-state index contributed by atoms with van der Waals surface area (Å²) in [5.41, 5.74) is 0.962. The third-order valence-corrected chi connectivity index (χ3v) is 2.99. The van der Waals surface area contributed by atoms with Gasteiger partial charge < -0.3 is 14.6 Å². The highest BCUT2D eigenvalue weighted by Crippen LogP contribution is 2.12. The maximum absolute atomic E-state index is 11.7. The molecule has 1 N–H and O–H groups in total. The minimum absolute atomic E-state index is 0.0866. The average molecular weight is 285 g/mol. The van der Waals surface area contributed by atoms with Crippen LogP contribution < -0.4 is 10.1 Å². The summed E-state index contributed by atoms with van der Waals surface area (Å²) in [6.07, 6.45) is 9.62. The van der Waals surface area contributed by atoms with Crippen LogP contribution in [0.3, 0.4) is 0 Å². The third-order valence-electron chi connectivity index (χ3n) is 2.99. The first-order chi connectivity index (χ1) is 10.3. The van der Waals surface area contributed by atoms with Crippen molar-refractivity contribution in [2.24, 2.45) is 0 Å². The minimum atomic E-state index is -0.0866. The minimum Gasteiger partial charge on any atom is -0.497 e. The van der Waals surface area contributed by atoms with Crippen LogP contribution in [-0.2, 0) is 11.3 Å². The van der Waals surface area contributed by atoms with E-state index >= 15 is 0 Å². The van der Waals surface area contributed by atoms with Crippen molar-refractivity contribution in [1.82, 2.24) is 14.9 Å². The number of hydrogen-bond donors (Lipinski definition) is 1. The molecular formula is C16H19N3O2. The Hall–Kier alpha value is -2.56. The van der Waals surface area contributed by atoms with Gasteiger partial charge in [-0.3, -0.25) is 4.79 Å². The molecule has 0 bridgehead atoms. The number of nitrogens with zero attached hydrogens (tertiary/aromatic N) is 2. The molecule has 0 saturated heterocycles. The van der Waals surface area contributed by atoms with E-state index in [0.29, 0.717) is 6.54 Å². The van der Waals surface area contributed by atoms with Crippen LogP contribution in [0.25, 0.3) is 6.08 Å². The average Bonchev–Trinajstić information content (AvgIpc) is 3.03. The Labute approximate surface area is 124 Å². The molecule has 0 aliphatic heterocycles. The normalized spacial score (nSPS) is 10.7. The highest BCUT2D eigenvalue weighted by atomic mass is 16.5. The number of imidazole rings is 1. The monoisotopic (exact) mass is 285 g/mol.